The molecule has 0 amide bonds. The second-order valence-corrected chi connectivity index (χ2v) is 2.31. The van der Waals surface area contributed by atoms with Crippen molar-refractivity contribution in [2.75, 3.05) is 0 Å². The van der Waals surface area contributed by atoms with Crippen molar-refractivity contribution in [2.24, 2.45) is 0 Å². The van der Waals surface area contributed by atoms with Gasteiger partial charge in [-0.2, -0.15) is 0 Å². The lowest BCUT2D eigenvalue weighted by Crippen LogP contribution is -2.41. The molecule has 0 spiro atoms. The molecule has 2 atom stereocenters. The van der Waals surface area contributed by atoms with Crippen molar-refractivity contribution in [3.63, 3.8) is 0 Å². The summed E-state index contributed by atoms with van der Waals surface area (Å²) in [5, 5.41) is 2.91. The Labute approximate surface area is 58.4 Å². The van der Waals surface area contributed by atoms with Crippen LogP contribution in [0.3, 0.4) is 0 Å². The van der Waals surface area contributed by atoms with Crippen molar-refractivity contribution in [1.82, 2.24) is 5.32 Å². The third-order valence-electron chi connectivity index (χ3n) is 1.66. The fraction of sp³-hybridized carbons (Fsp3) is 0.286. The van der Waals surface area contributed by atoms with Crippen molar-refractivity contribution in [3.8, 4) is 0 Å². The first-order valence-electron chi connectivity index (χ1n) is 3.16. The lowest BCUT2D eigenvalue weighted by molar-refractivity contribution is -0.117. The molecular weight excluding hydrogens is 130 g/mol. The number of ketones is 1. The van der Waals surface area contributed by atoms with Crippen LogP contribution >= 0.6 is 0 Å². The van der Waals surface area contributed by atoms with Gasteiger partial charge in [0, 0.05) is 6.20 Å². The van der Waals surface area contributed by atoms with E-state index in [0.29, 0.717) is 0 Å². The van der Waals surface area contributed by atoms with E-state index in [4.69, 9.17) is 4.74 Å². The molecule has 0 aromatic carbocycles. The third-order valence-corrected chi connectivity index (χ3v) is 1.66. The zero-order chi connectivity index (χ0) is 6.97. The van der Waals surface area contributed by atoms with Gasteiger partial charge in [0.2, 0.25) is 0 Å². The molecule has 1 N–H and O–H groups in total. The van der Waals surface area contributed by atoms with Crippen LogP contribution in [0.15, 0.2) is 24.6 Å². The lowest BCUT2D eigenvalue weighted by atomic mass is 10.2. The van der Waals surface area contributed by atoms with E-state index in [1.807, 2.05) is 0 Å². The predicted octanol–water partition coefficient (Wildman–Crippen LogP) is -0.0465. The molecule has 0 radical (unpaired) electrons. The molecule has 2 unspecified atom stereocenters. The summed E-state index contributed by atoms with van der Waals surface area (Å²) in [6.45, 7) is 0. The molecule has 2 aliphatic rings. The zero-order valence-electron chi connectivity index (χ0n) is 5.28. The Morgan fingerprint density at radius 2 is 2.50 bits per heavy atom. The van der Waals surface area contributed by atoms with Crippen molar-refractivity contribution in [1.29, 1.82) is 0 Å². The Hall–Kier alpha value is -1.25. The summed E-state index contributed by atoms with van der Waals surface area (Å²) in [4.78, 5) is 10.9. The van der Waals surface area contributed by atoms with Crippen LogP contribution in [0.2, 0.25) is 0 Å². The van der Waals surface area contributed by atoms with Crippen LogP contribution in [-0.2, 0) is 9.53 Å². The van der Waals surface area contributed by atoms with E-state index >= 15 is 0 Å². The number of carbonyl (C=O) groups is 1. The van der Waals surface area contributed by atoms with E-state index < -0.39 is 0 Å². The topological polar surface area (TPSA) is 38.3 Å². The van der Waals surface area contributed by atoms with Gasteiger partial charge in [-0.1, -0.05) is 0 Å². The minimum absolute atomic E-state index is 0.0856. The largest absolute Gasteiger partial charge is 0.490 e. The van der Waals surface area contributed by atoms with Gasteiger partial charge in [0.05, 0.1) is 6.26 Å². The monoisotopic (exact) mass is 137 g/mol. The molecule has 0 saturated carbocycles. The van der Waals surface area contributed by atoms with Gasteiger partial charge in [0.15, 0.2) is 5.78 Å². The standard InChI is InChI=1S/C7H7NO2/c9-5-1-2-6-7(5)8-3-4-10-6/h1-4,6-8H. The van der Waals surface area contributed by atoms with E-state index in [-0.39, 0.29) is 17.9 Å². The normalized spacial score (nSPS) is 35.0. The van der Waals surface area contributed by atoms with Crippen LogP contribution in [0.25, 0.3) is 0 Å². The van der Waals surface area contributed by atoms with E-state index in [1.54, 1.807) is 24.6 Å². The number of hydrogen-bond acceptors (Lipinski definition) is 3. The summed E-state index contributed by atoms with van der Waals surface area (Å²) in [7, 11) is 0. The first kappa shape index (κ1) is 5.53. The molecule has 3 nitrogen and oxygen atoms in total. The maximum absolute atomic E-state index is 10.9. The van der Waals surface area contributed by atoms with Crippen molar-refractivity contribution in [3.05, 3.63) is 24.6 Å². The Morgan fingerprint density at radius 3 is 3.30 bits per heavy atom. The molecule has 0 bridgehead atoms. The summed E-state index contributed by atoms with van der Waals surface area (Å²) >= 11 is 0. The van der Waals surface area contributed by atoms with Gasteiger partial charge in [0.25, 0.3) is 0 Å². The molecule has 3 heteroatoms. The number of hydrogen-bond donors (Lipinski definition) is 1. The van der Waals surface area contributed by atoms with E-state index in [2.05, 4.69) is 5.32 Å². The summed E-state index contributed by atoms with van der Waals surface area (Å²) in [5.41, 5.74) is 0. The van der Waals surface area contributed by atoms with Crippen molar-refractivity contribution < 1.29 is 9.53 Å². The maximum atomic E-state index is 10.9. The number of fused-ring (bicyclic) bond motifs is 1. The highest BCUT2D eigenvalue weighted by Gasteiger charge is 2.31. The van der Waals surface area contributed by atoms with Gasteiger partial charge in [0.1, 0.15) is 12.1 Å². The van der Waals surface area contributed by atoms with Crippen LogP contribution in [-0.4, -0.2) is 17.9 Å². The SMILES string of the molecule is O=C1C=CC2OC=CNC12. The molecule has 0 aromatic rings. The second-order valence-electron chi connectivity index (χ2n) is 2.31. The van der Waals surface area contributed by atoms with Crippen LogP contribution in [0, 0.1) is 0 Å². The average molecular weight is 137 g/mol. The Bertz CT molecular complexity index is 220. The van der Waals surface area contributed by atoms with E-state index in [0.717, 1.165) is 0 Å². The number of ether oxygens (including phenoxy) is 1. The number of nitrogens with one attached hydrogen (secondary N) is 1. The molecule has 0 aromatic heterocycles. The van der Waals surface area contributed by atoms with Crippen LogP contribution < -0.4 is 5.32 Å². The van der Waals surface area contributed by atoms with Crippen LogP contribution in [0.5, 0.6) is 0 Å². The minimum atomic E-state index is -0.176. The molecule has 1 aliphatic carbocycles. The summed E-state index contributed by atoms with van der Waals surface area (Å²) < 4.78 is 5.12. The highest BCUT2D eigenvalue weighted by atomic mass is 16.5. The van der Waals surface area contributed by atoms with E-state index in [9.17, 15) is 4.79 Å². The van der Waals surface area contributed by atoms with Gasteiger partial charge >= 0.3 is 0 Å². The average Bonchev–Trinajstić information content (AvgIpc) is 2.34. The molecule has 0 saturated heterocycles. The van der Waals surface area contributed by atoms with Gasteiger partial charge < -0.3 is 10.1 Å². The van der Waals surface area contributed by atoms with Crippen molar-refractivity contribution >= 4 is 5.78 Å². The highest BCUT2D eigenvalue weighted by molar-refractivity contribution is 5.97. The predicted molar refractivity (Wildman–Crippen MR) is 35.1 cm³/mol. The second kappa shape index (κ2) is 1.87. The third kappa shape index (κ3) is 0.635. The number of carbonyl (C=O) groups excluding carboxylic acids is 1. The lowest BCUT2D eigenvalue weighted by Gasteiger charge is -2.21. The fourth-order valence-electron chi connectivity index (χ4n) is 1.14. The van der Waals surface area contributed by atoms with E-state index in [1.165, 1.54) is 0 Å². The zero-order valence-corrected chi connectivity index (χ0v) is 5.28. The summed E-state index contributed by atoms with van der Waals surface area (Å²) in [6, 6.07) is -0.176. The molecule has 52 valence electrons. The molecule has 1 aliphatic heterocycles. The molecule has 1 heterocycles. The first-order chi connectivity index (χ1) is 4.88. The van der Waals surface area contributed by atoms with Crippen LogP contribution in [0.4, 0.5) is 0 Å². The van der Waals surface area contributed by atoms with Crippen LogP contribution in [0.1, 0.15) is 0 Å². The number of rotatable bonds is 0. The van der Waals surface area contributed by atoms with Gasteiger partial charge in [-0.25, -0.2) is 0 Å². The molecular formula is C7H7NO2. The summed E-state index contributed by atoms with van der Waals surface area (Å²) in [5.74, 6) is 0.0920. The Morgan fingerprint density at radius 1 is 1.60 bits per heavy atom. The smallest absolute Gasteiger partial charge is 0.181 e. The molecule has 2 rings (SSSR count). The quantitative estimate of drug-likeness (QED) is 0.509. The highest BCUT2D eigenvalue weighted by Crippen LogP contribution is 2.14. The summed E-state index contributed by atoms with van der Waals surface area (Å²) in [6.07, 6.45) is 6.44. The molecule has 10 heavy (non-hydrogen) atoms. The van der Waals surface area contributed by atoms with Gasteiger partial charge in [-0.15, -0.1) is 0 Å². The minimum Gasteiger partial charge on any atom is -0.490 e. The maximum Gasteiger partial charge on any atom is 0.181 e. The fourth-order valence-corrected chi connectivity index (χ4v) is 1.14. The Balaban J connectivity index is 2.23. The van der Waals surface area contributed by atoms with Gasteiger partial charge in [-0.3, -0.25) is 4.79 Å². The molecule has 0 fully saturated rings. The first-order valence-corrected chi connectivity index (χ1v) is 3.16. The van der Waals surface area contributed by atoms with Crippen molar-refractivity contribution in [2.45, 2.75) is 12.1 Å². The Kier molecular flexibility index (Phi) is 1.03. The van der Waals surface area contributed by atoms with Gasteiger partial charge in [-0.05, 0) is 12.2 Å².